The van der Waals surface area contributed by atoms with Crippen LogP contribution in [0.15, 0.2) is 152 Å². The lowest BCUT2D eigenvalue weighted by Crippen LogP contribution is -2.57. The van der Waals surface area contributed by atoms with Gasteiger partial charge in [0.1, 0.15) is 11.5 Å². The third kappa shape index (κ3) is 4.47. The first-order chi connectivity index (χ1) is 25.5. The van der Waals surface area contributed by atoms with Crippen LogP contribution in [0.2, 0.25) is 0 Å². The van der Waals surface area contributed by atoms with Crippen molar-refractivity contribution in [2.45, 2.75) is 39.5 Å². The number of fused-ring (bicyclic) bond motifs is 9. The van der Waals surface area contributed by atoms with Crippen molar-refractivity contribution in [1.82, 2.24) is 9.13 Å². The molecule has 2 aromatic heterocycles. The first-order valence-corrected chi connectivity index (χ1v) is 18.5. The molecular weight excluding hydrogens is 631 g/mol. The van der Waals surface area contributed by atoms with Crippen molar-refractivity contribution in [3.8, 4) is 22.9 Å². The molecule has 0 saturated carbocycles. The molecule has 0 radical (unpaired) electrons. The van der Waals surface area contributed by atoms with Crippen molar-refractivity contribution in [2.24, 2.45) is 0 Å². The molecule has 3 nitrogen and oxygen atoms in total. The van der Waals surface area contributed by atoms with Crippen LogP contribution in [-0.4, -0.2) is 15.8 Å². The molecule has 250 valence electrons. The summed E-state index contributed by atoms with van der Waals surface area (Å²) in [5, 5.41) is 4.98. The van der Waals surface area contributed by atoms with Gasteiger partial charge in [0.25, 0.3) is 6.71 Å². The number of benzene rings is 7. The highest BCUT2D eigenvalue weighted by Crippen LogP contribution is 2.42. The Kier molecular flexibility index (Phi) is 6.98. The standard InChI is InChI=1S/C48H39BN2O/c1-30(2)34-19-14-20-35(31(3)4)47(34)49-39-21-10-13-24-44(39)52-45-29-33(25-27-40(45)49)51-41-22-11-8-17-36(41)37-26-28-43-46(48(37)51)38-18-9-12-23-42(38)50(43)32-15-6-5-7-16-32/h5-31H,1-4H3. The van der Waals surface area contributed by atoms with Crippen molar-refractivity contribution in [3.05, 3.63) is 163 Å². The van der Waals surface area contributed by atoms with Gasteiger partial charge in [-0.25, -0.2) is 0 Å². The number of hydrogen-bond donors (Lipinski definition) is 0. The van der Waals surface area contributed by atoms with Crippen molar-refractivity contribution in [2.75, 3.05) is 0 Å². The third-order valence-corrected chi connectivity index (χ3v) is 11.2. The monoisotopic (exact) mass is 670 g/mol. The van der Waals surface area contributed by atoms with Crippen molar-refractivity contribution in [1.29, 1.82) is 0 Å². The predicted molar refractivity (Wildman–Crippen MR) is 221 cm³/mol. The fourth-order valence-electron chi connectivity index (χ4n) is 8.97. The Hall–Kier alpha value is -6.00. The van der Waals surface area contributed by atoms with Gasteiger partial charge < -0.3 is 13.9 Å². The molecule has 0 saturated heterocycles. The van der Waals surface area contributed by atoms with Crippen molar-refractivity contribution >= 4 is 66.7 Å². The zero-order valence-corrected chi connectivity index (χ0v) is 30.0. The zero-order valence-electron chi connectivity index (χ0n) is 30.0. The van der Waals surface area contributed by atoms with Gasteiger partial charge in [-0.2, -0.15) is 0 Å². The molecule has 9 aromatic rings. The first kappa shape index (κ1) is 30.8. The Bertz CT molecular complexity index is 2820. The van der Waals surface area contributed by atoms with E-state index in [1.807, 2.05) is 0 Å². The number of ether oxygens (including phenoxy) is 1. The van der Waals surface area contributed by atoms with E-state index in [0.29, 0.717) is 11.8 Å². The molecule has 0 aliphatic carbocycles. The van der Waals surface area contributed by atoms with Crippen LogP contribution in [0.25, 0.3) is 55.0 Å². The molecule has 7 aromatic carbocycles. The maximum atomic E-state index is 6.89. The van der Waals surface area contributed by atoms with E-state index in [1.165, 1.54) is 71.1 Å². The molecule has 0 bridgehead atoms. The van der Waals surface area contributed by atoms with E-state index in [9.17, 15) is 0 Å². The van der Waals surface area contributed by atoms with E-state index in [1.54, 1.807) is 0 Å². The quantitative estimate of drug-likeness (QED) is 0.167. The second-order valence-electron chi connectivity index (χ2n) is 14.9. The number of aromatic nitrogens is 2. The van der Waals surface area contributed by atoms with Gasteiger partial charge >= 0.3 is 0 Å². The predicted octanol–water partition coefficient (Wildman–Crippen LogP) is 10.7. The van der Waals surface area contributed by atoms with Crippen LogP contribution in [0, 0.1) is 0 Å². The highest BCUT2D eigenvalue weighted by molar-refractivity contribution is 6.97. The molecule has 0 unspecified atom stereocenters. The third-order valence-electron chi connectivity index (χ3n) is 11.2. The molecule has 4 heteroatoms. The summed E-state index contributed by atoms with van der Waals surface area (Å²) in [7, 11) is 0. The summed E-state index contributed by atoms with van der Waals surface area (Å²) in [5.74, 6) is 2.63. The number of hydrogen-bond acceptors (Lipinski definition) is 1. The first-order valence-electron chi connectivity index (χ1n) is 18.5. The maximum absolute atomic E-state index is 6.89. The van der Waals surface area contributed by atoms with Gasteiger partial charge in [-0.1, -0.05) is 136 Å². The smallest absolute Gasteiger partial charge is 0.251 e. The van der Waals surface area contributed by atoms with E-state index in [0.717, 1.165) is 22.9 Å². The van der Waals surface area contributed by atoms with Crippen molar-refractivity contribution < 1.29 is 4.74 Å². The molecule has 1 aliphatic rings. The fourth-order valence-corrected chi connectivity index (χ4v) is 8.97. The summed E-state index contributed by atoms with van der Waals surface area (Å²) in [4.78, 5) is 0. The SMILES string of the molecule is CC(C)c1cccc(C(C)C)c1B1c2ccccc2Oc2cc(-n3c4ccccc4c4ccc5c(c6ccccc6n5-c5ccccc5)c43)ccc21. The molecule has 10 rings (SSSR count). The Morgan fingerprint density at radius 3 is 1.85 bits per heavy atom. The van der Waals surface area contributed by atoms with Crippen LogP contribution in [0.5, 0.6) is 11.5 Å². The van der Waals surface area contributed by atoms with Crippen LogP contribution in [0.3, 0.4) is 0 Å². The molecule has 0 atom stereocenters. The topological polar surface area (TPSA) is 19.1 Å². The molecule has 0 amide bonds. The van der Waals surface area contributed by atoms with E-state index in [4.69, 9.17) is 4.74 Å². The second-order valence-corrected chi connectivity index (χ2v) is 14.9. The largest absolute Gasteiger partial charge is 0.458 e. The molecule has 3 heterocycles. The Balaban J connectivity index is 1.28. The number of rotatable bonds is 5. The molecular formula is C48H39BN2O. The van der Waals surface area contributed by atoms with Crippen molar-refractivity contribution in [3.63, 3.8) is 0 Å². The minimum atomic E-state index is 0.0682. The van der Waals surface area contributed by atoms with Crippen LogP contribution < -0.4 is 21.1 Å². The van der Waals surface area contributed by atoms with Gasteiger partial charge in [-0.05, 0) is 76.4 Å². The highest BCUT2D eigenvalue weighted by atomic mass is 16.5. The van der Waals surface area contributed by atoms with Crippen LogP contribution in [-0.2, 0) is 0 Å². The fraction of sp³-hybridized carbons (Fsp3) is 0.125. The van der Waals surface area contributed by atoms with E-state index < -0.39 is 0 Å². The van der Waals surface area contributed by atoms with E-state index in [2.05, 4.69) is 188 Å². The summed E-state index contributed by atoms with van der Waals surface area (Å²) in [6.45, 7) is 9.33. The molecule has 0 fully saturated rings. The average Bonchev–Trinajstić information content (AvgIpc) is 3.70. The minimum Gasteiger partial charge on any atom is -0.458 e. The molecule has 0 spiro atoms. The molecule has 1 aliphatic heterocycles. The van der Waals surface area contributed by atoms with Gasteiger partial charge in [0, 0.05) is 39.0 Å². The molecule has 0 N–H and O–H groups in total. The van der Waals surface area contributed by atoms with Crippen LogP contribution >= 0.6 is 0 Å². The van der Waals surface area contributed by atoms with Gasteiger partial charge in [-0.15, -0.1) is 0 Å². The van der Waals surface area contributed by atoms with E-state index >= 15 is 0 Å². The lowest BCUT2D eigenvalue weighted by molar-refractivity contribution is 0.487. The van der Waals surface area contributed by atoms with E-state index in [-0.39, 0.29) is 6.71 Å². The highest BCUT2D eigenvalue weighted by Gasteiger charge is 2.36. The summed E-state index contributed by atoms with van der Waals surface area (Å²) in [6, 6.07) is 55.4. The lowest BCUT2D eigenvalue weighted by Gasteiger charge is -2.31. The summed E-state index contributed by atoms with van der Waals surface area (Å²) < 4.78 is 11.8. The zero-order chi connectivity index (χ0) is 35.1. The summed E-state index contributed by atoms with van der Waals surface area (Å²) in [5.41, 5.74) is 13.7. The Morgan fingerprint density at radius 1 is 0.462 bits per heavy atom. The second kappa shape index (κ2) is 11.8. The normalized spacial score (nSPS) is 12.7. The number of para-hydroxylation sites is 4. The average molecular weight is 671 g/mol. The lowest BCUT2D eigenvalue weighted by atomic mass is 9.34. The minimum absolute atomic E-state index is 0.0682. The summed E-state index contributed by atoms with van der Waals surface area (Å²) >= 11 is 0. The van der Waals surface area contributed by atoms with Gasteiger partial charge in [0.2, 0.25) is 0 Å². The number of nitrogens with zero attached hydrogens (tertiary/aromatic N) is 2. The summed E-state index contributed by atoms with van der Waals surface area (Å²) in [6.07, 6.45) is 0. The maximum Gasteiger partial charge on any atom is 0.251 e. The van der Waals surface area contributed by atoms with Crippen LogP contribution in [0.1, 0.15) is 50.7 Å². The van der Waals surface area contributed by atoms with Gasteiger partial charge in [0.15, 0.2) is 0 Å². The molecule has 52 heavy (non-hydrogen) atoms. The Labute approximate surface area is 304 Å². The van der Waals surface area contributed by atoms with Gasteiger partial charge in [0.05, 0.1) is 22.1 Å². The Morgan fingerprint density at radius 2 is 1.10 bits per heavy atom. The van der Waals surface area contributed by atoms with Gasteiger partial charge in [-0.3, -0.25) is 0 Å². The van der Waals surface area contributed by atoms with Crippen LogP contribution in [0.4, 0.5) is 0 Å².